The molecule has 6 nitrogen and oxygen atoms in total. The Morgan fingerprint density at radius 1 is 1.53 bits per heavy atom. The molecule has 0 amide bonds. The summed E-state index contributed by atoms with van der Waals surface area (Å²) >= 11 is 0. The second kappa shape index (κ2) is 8.23. The summed E-state index contributed by atoms with van der Waals surface area (Å²) in [5.74, 6) is 0. The molecule has 0 saturated heterocycles. The predicted octanol–water partition coefficient (Wildman–Crippen LogP) is 2.29. The first-order valence-corrected chi connectivity index (χ1v) is 5.04. The normalized spacial score (nSPS) is 8.88. The molecule has 6 heteroatoms. The first kappa shape index (κ1) is 15.0. The third kappa shape index (κ3) is 4.60. The minimum Gasteiger partial charge on any atom is -0.388 e. The Morgan fingerprint density at radius 2 is 2.12 bits per heavy atom. The molecule has 0 saturated carbocycles. The summed E-state index contributed by atoms with van der Waals surface area (Å²) in [5, 5.41) is 20.7. The zero-order chi connectivity index (χ0) is 13.3. The number of benzene rings is 1. The number of ether oxygens (including phenoxy) is 1. The van der Waals surface area contributed by atoms with E-state index in [1.54, 1.807) is 26.4 Å². The summed E-state index contributed by atoms with van der Waals surface area (Å²) in [5.41, 5.74) is 0.898. The first-order valence-electron chi connectivity index (χ1n) is 5.04. The lowest BCUT2D eigenvalue weighted by Crippen LogP contribution is -2.03. The molecular weight excluding hydrogens is 222 g/mol. The maximum absolute atomic E-state index is 10.6. The second-order valence-corrected chi connectivity index (χ2v) is 3.08. The summed E-state index contributed by atoms with van der Waals surface area (Å²) in [6.45, 7) is 2.56. The van der Waals surface area contributed by atoms with E-state index in [4.69, 9.17) is 5.41 Å². The summed E-state index contributed by atoms with van der Waals surface area (Å²) in [6, 6.07) is 4.71. The number of nitrogens with one attached hydrogen (secondary N) is 2. The number of methoxy groups -OCH3 is 1. The summed E-state index contributed by atoms with van der Waals surface area (Å²) in [4.78, 5) is 10.1. The Morgan fingerprint density at radius 3 is 2.53 bits per heavy atom. The van der Waals surface area contributed by atoms with Gasteiger partial charge < -0.3 is 15.5 Å². The van der Waals surface area contributed by atoms with Crippen molar-refractivity contribution in [1.29, 1.82) is 5.41 Å². The van der Waals surface area contributed by atoms with Gasteiger partial charge in [-0.25, -0.2) is 0 Å². The van der Waals surface area contributed by atoms with Gasteiger partial charge in [0.1, 0.15) is 0 Å². The molecule has 0 spiro atoms. The van der Waals surface area contributed by atoms with E-state index in [0.29, 0.717) is 17.8 Å². The predicted molar refractivity (Wildman–Crippen MR) is 68.1 cm³/mol. The van der Waals surface area contributed by atoms with E-state index in [1.807, 2.05) is 6.92 Å². The van der Waals surface area contributed by atoms with Gasteiger partial charge in [0.15, 0.2) is 0 Å². The smallest absolute Gasteiger partial charge is 0.280 e. The Labute approximate surface area is 100 Å². The zero-order valence-corrected chi connectivity index (χ0v) is 10.2. The van der Waals surface area contributed by atoms with Crippen molar-refractivity contribution in [3.63, 3.8) is 0 Å². The monoisotopic (exact) mass is 239 g/mol. The van der Waals surface area contributed by atoms with Gasteiger partial charge in [0.05, 0.1) is 10.5 Å². The van der Waals surface area contributed by atoms with Crippen molar-refractivity contribution in [2.45, 2.75) is 6.92 Å². The molecule has 1 aromatic carbocycles. The lowest BCUT2D eigenvalue weighted by Gasteiger charge is -2.06. The Kier molecular flexibility index (Phi) is 7.29. The van der Waals surface area contributed by atoms with E-state index in [0.717, 1.165) is 6.21 Å². The van der Waals surface area contributed by atoms with Crippen LogP contribution in [0.15, 0.2) is 18.2 Å². The lowest BCUT2D eigenvalue weighted by molar-refractivity contribution is -0.384. The van der Waals surface area contributed by atoms with Crippen LogP contribution in [0.1, 0.15) is 12.5 Å². The van der Waals surface area contributed by atoms with Gasteiger partial charge >= 0.3 is 0 Å². The average molecular weight is 239 g/mol. The van der Waals surface area contributed by atoms with E-state index in [1.165, 1.54) is 6.07 Å². The van der Waals surface area contributed by atoms with Crippen LogP contribution >= 0.6 is 0 Å². The minimum atomic E-state index is -0.485. The number of nitro groups is 1. The Balaban J connectivity index is 0.000000770. The molecule has 17 heavy (non-hydrogen) atoms. The van der Waals surface area contributed by atoms with Gasteiger partial charge in [0.25, 0.3) is 5.69 Å². The molecule has 0 heterocycles. The van der Waals surface area contributed by atoms with Gasteiger partial charge in [-0.3, -0.25) is 10.1 Å². The highest BCUT2D eigenvalue weighted by Gasteiger charge is 2.14. The summed E-state index contributed by atoms with van der Waals surface area (Å²) < 4.78 is 4.25. The maximum atomic E-state index is 10.6. The van der Waals surface area contributed by atoms with Crippen LogP contribution in [0, 0.1) is 15.5 Å². The quantitative estimate of drug-likeness (QED) is 0.479. The molecule has 1 rings (SSSR count). The molecule has 0 aliphatic rings. The standard InChI is InChI=1S/C9H11N3O2.C2H6O/c1-2-11-8-4-3-5-9(12(13)14)7(8)6-10;1-3-2/h3-6,10-11H,2H2,1H3;1-2H3. The van der Waals surface area contributed by atoms with Gasteiger partial charge in [0, 0.05) is 38.7 Å². The zero-order valence-electron chi connectivity index (χ0n) is 10.2. The van der Waals surface area contributed by atoms with E-state index in [-0.39, 0.29) is 5.69 Å². The van der Waals surface area contributed by atoms with E-state index < -0.39 is 4.92 Å². The number of anilines is 1. The van der Waals surface area contributed by atoms with E-state index >= 15 is 0 Å². The number of nitro benzene ring substituents is 1. The van der Waals surface area contributed by atoms with Crippen molar-refractivity contribution in [2.75, 3.05) is 26.1 Å². The molecule has 0 aliphatic heterocycles. The van der Waals surface area contributed by atoms with E-state index in [9.17, 15) is 10.1 Å². The number of rotatable bonds is 4. The summed E-state index contributed by atoms with van der Waals surface area (Å²) in [6.07, 6.45) is 0.996. The molecule has 0 bridgehead atoms. The van der Waals surface area contributed by atoms with Crippen molar-refractivity contribution < 1.29 is 9.66 Å². The maximum Gasteiger partial charge on any atom is 0.280 e. The van der Waals surface area contributed by atoms with Crippen LogP contribution in [0.4, 0.5) is 11.4 Å². The van der Waals surface area contributed by atoms with Crippen molar-refractivity contribution in [2.24, 2.45) is 0 Å². The van der Waals surface area contributed by atoms with Gasteiger partial charge in [-0.15, -0.1) is 0 Å². The molecule has 0 fully saturated rings. The molecule has 0 radical (unpaired) electrons. The molecule has 1 aromatic rings. The van der Waals surface area contributed by atoms with Gasteiger partial charge in [-0.2, -0.15) is 0 Å². The average Bonchev–Trinajstić information content (AvgIpc) is 2.30. The molecule has 0 atom stereocenters. The SMILES string of the molecule is CCNc1cccc([N+](=O)[O-])c1C=N.COC. The highest BCUT2D eigenvalue weighted by molar-refractivity contribution is 5.91. The molecule has 94 valence electrons. The molecule has 0 aromatic heterocycles. The van der Waals surface area contributed by atoms with Crippen LogP contribution in [0.3, 0.4) is 0 Å². The Bertz CT molecular complexity index is 380. The molecule has 0 aliphatic carbocycles. The fourth-order valence-corrected chi connectivity index (χ4v) is 1.21. The van der Waals surface area contributed by atoms with Crippen LogP contribution < -0.4 is 5.32 Å². The van der Waals surface area contributed by atoms with Crippen molar-refractivity contribution in [3.05, 3.63) is 33.9 Å². The van der Waals surface area contributed by atoms with Crippen molar-refractivity contribution in [1.82, 2.24) is 0 Å². The molecule has 2 N–H and O–H groups in total. The number of hydrogen-bond donors (Lipinski definition) is 2. The van der Waals surface area contributed by atoms with Crippen molar-refractivity contribution in [3.8, 4) is 0 Å². The number of hydrogen-bond acceptors (Lipinski definition) is 5. The first-order chi connectivity index (χ1) is 8.12. The van der Waals surface area contributed by atoms with Crippen LogP contribution in [0.25, 0.3) is 0 Å². The van der Waals surface area contributed by atoms with Crippen LogP contribution in [-0.2, 0) is 4.74 Å². The molecule has 0 unspecified atom stereocenters. The van der Waals surface area contributed by atoms with Crippen molar-refractivity contribution >= 4 is 17.6 Å². The van der Waals surface area contributed by atoms with Crippen LogP contribution in [0.5, 0.6) is 0 Å². The third-order valence-electron chi connectivity index (χ3n) is 1.79. The van der Waals surface area contributed by atoms with Crippen LogP contribution in [-0.4, -0.2) is 31.9 Å². The topological polar surface area (TPSA) is 88.3 Å². The fourth-order valence-electron chi connectivity index (χ4n) is 1.21. The second-order valence-electron chi connectivity index (χ2n) is 3.08. The van der Waals surface area contributed by atoms with Gasteiger partial charge in [-0.1, -0.05) is 6.07 Å². The van der Waals surface area contributed by atoms with Gasteiger partial charge in [0.2, 0.25) is 0 Å². The highest BCUT2D eigenvalue weighted by Crippen LogP contribution is 2.23. The highest BCUT2D eigenvalue weighted by atomic mass is 16.6. The number of nitrogens with zero attached hydrogens (tertiary/aromatic N) is 1. The van der Waals surface area contributed by atoms with E-state index in [2.05, 4.69) is 10.1 Å². The minimum absolute atomic E-state index is 0.0431. The van der Waals surface area contributed by atoms with Crippen LogP contribution in [0.2, 0.25) is 0 Å². The fraction of sp³-hybridized carbons (Fsp3) is 0.364. The van der Waals surface area contributed by atoms with Gasteiger partial charge in [-0.05, 0) is 13.0 Å². The third-order valence-corrected chi connectivity index (χ3v) is 1.79. The molecular formula is C11H17N3O3. The Hall–Kier alpha value is -1.95. The largest absolute Gasteiger partial charge is 0.388 e. The lowest BCUT2D eigenvalue weighted by atomic mass is 10.1. The summed E-state index contributed by atoms with van der Waals surface area (Å²) in [7, 11) is 3.25.